The maximum Gasteiger partial charge on any atom is 0.232 e. The van der Waals surface area contributed by atoms with Crippen molar-refractivity contribution >= 4 is 16.7 Å². The van der Waals surface area contributed by atoms with Gasteiger partial charge in [0.15, 0.2) is 0 Å². The van der Waals surface area contributed by atoms with Crippen LogP contribution in [0.5, 0.6) is 5.75 Å². The van der Waals surface area contributed by atoms with E-state index in [2.05, 4.69) is 15.3 Å². The van der Waals surface area contributed by atoms with E-state index in [-0.39, 0.29) is 17.4 Å². The quantitative estimate of drug-likeness (QED) is 0.626. The minimum atomic E-state index is -1.39. The Labute approximate surface area is 165 Å². The number of amides is 1. The van der Waals surface area contributed by atoms with Crippen LogP contribution in [0.1, 0.15) is 17.1 Å². The van der Waals surface area contributed by atoms with E-state index in [0.29, 0.717) is 23.9 Å². The first-order valence-corrected chi connectivity index (χ1v) is 10.2. The lowest BCUT2D eigenvalue weighted by Crippen LogP contribution is -2.28. The molecule has 1 atom stereocenters. The maximum absolute atomic E-state index is 12.4. The van der Waals surface area contributed by atoms with Crippen LogP contribution in [-0.4, -0.2) is 32.9 Å². The predicted octanol–water partition coefficient (Wildman–Crippen LogP) is 2.62. The van der Waals surface area contributed by atoms with Gasteiger partial charge in [0, 0.05) is 22.6 Å². The summed E-state index contributed by atoms with van der Waals surface area (Å²) >= 11 is 0. The van der Waals surface area contributed by atoms with Crippen LogP contribution in [0.2, 0.25) is 0 Å². The summed E-state index contributed by atoms with van der Waals surface area (Å²) in [6, 6.07) is 12.8. The molecule has 0 saturated carbocycles. The van der Waals surface area contributed by atoms with Gasteiger partial charge < -0.3 is 14.5 Å². The molecule has 8 heteroatoms. The zero-order chi connectivity index (χ0) is 19.9. The molecule has 0 aliphatic rings. The van der Waals surface area contributed by atoms with E-state index in [0.717, 1.165) is 17.0 Å². The number of ether oxygens (including phenoxy) is 1. The lowest BCUT2D eigenvalue weighted by molar-refractivity contribution is -0.118. The van der Waals surface area contributed by atoms with Gasteiger partial charge in [0.1, 0.15) is 17.3 Å². The summed E-state index contributed by atoms with van der Waals surface area (Å²) in [6.07, 6.45) is 1.66. The molecule has 0 radical (unpaired) electrons. The van der Waals surface area contributed by atoms with Crippen LogP contribution in [0.4, 0.5) is 0 Å². The van der Waals surface area contributed by atoms with Crippen molar-refractivity contribution in [3.63, 3.8) is 0 Å². The molecule has 2 aromatic heterocycles. The van der Waals surface area contributed by atoms with Gasteiger partial charge in [-0.3, -0.25) is 14.0 Å². The largest absolute Gasteiger partial charge is 0.497 e. The Morgan fingerprint density at radius 2 is 2.00 bits per heavy atom. The van der Waals surface area contributed by atoms with Crippen molar-refractivity contribution in [1.29, 1.82) is 0 Å². The highest BCUT2D eigenvalue weighted by Crippen LogP contribution is 2.24. The van der Waals surface area contributed by atoms with Crippen molar-refractivity contribution in [1.82, 2.24) is 15.3 Å². The van der Waals surface area contributed by atoms with E-state index in [1.807, 2.05) is 36.4 Å². The fourth-order valence-corrected chi connectivity index (χ4v) is 3.58. The third kappa shape index (κ3) is 5.26. The normalized spacial score (nSPS) is 11.8. The molecule has 7 nitrogen and oxygen atoms in total. The number of carbonyl (C=O) groups excluding carboxylic acids is 1. The molecule has 0 unspecified atom stereocenters. The minimum absolute atomic E-state index is 0.100. The highest BCUT2D eigenvalue weighted by atomic mass is 32.2. The number of nitrogens with zero attached hydrogens (tertiary/aromatic N) is 2. The van der Waals surface area contributed by atoms with E-state index >= 15 is 0 Å². The van der Waals surface area contributed by atoms with Crippen LogP contribution in [0, 0.1) is 6.92 Å². The number of hydrogen-bond donors (Lipinski definition) is 1. The van der Waals surface area contributed by atoms with E-state index < -0.39 is 10.8 Å². The van der Waals surface area contributed by atoms with Crippen molar-refractivity contribution in [3.05, 3.63) is 65.8 Å². The molecule has 3 aromatic rings. The average Bonchev–Trinajstić information content (AvgIpc) is 3.07. The fourth-order valence-electron chi connectivity index (χ4n) is 2.51. The summed E-state index contributed by atoms with van der Waals surface area (Å²) < 4.78 is 23.2. The number of aromatic nitrogens is 2. The van der Waals surface area contributed by atoms with Gasteiger partial charge in [0.2, 0.25) is 11.8 Å². The second-order valence-electron chi connectivity index (χ2n) is 6.08. The van der Waals surface area contributed by atoms with E-state index in [4.69, 9.17) is 9.15 Å². The zero-order valence-corrected chi connectivity index (χ0v) is 16.5. The van der Waals surface area contributed by atoms with Crippen LogP contribution in [0.25, 0.3) is 11.5 Å². The van der Waals surface area contributed by atoms with Crippen molar-refractivity contribution in [2.75, 3.05) is 12.9 Å². The second kappa shape index (κ2) is 9.27. The third-order valence-corrected chi connectivity index (χ3v) is 5.19. The highest BCUT2D eigenvalue weighted by Gasteiger charge is 2.16. The number of hydrogen-bond acceptors (Lipinski definition) is 6. The van der Waals surface area contributed by atoms with Crippen LogP contribution in [-0.2, 0) is 27.9 Å². The standard InChI is InChI=1S/C20H21N3O4S/c1-14-18(23-20(27-14)15-6-8-17(26-2)9-7-15)12-28(25)13-19(24)22-11-16-5-3-4-10-21-16/h3-10H,11-13H2,1-2H3,(H,22,24)/t28-/m1/s1. The van der Waals surface area contributed by atoms with Crippen molar-refractivity contribution < 1.29 is 18.2 Å². The molecular formula is C20H21N3O4S. The van der Waals surface area contributed by atoms with E-state index in [9.17, 15) is 9.00 Å². The topological polar surface area (TPSA) is 94.3 Å². The lowest BCUT2D eigenvalue weighted by Gasteiger charge is -2.04. The van der Waals surface area contributed by atoms with E-state index in [1.54, 1.807) is 26.3 Å². The molecule has 146 valence electrons. The van der Waals surface area contributed by atoms with Gasteiger partial charge in [-0.2, -0.15) is 0 Å². The lowest BCUT2D eigenvalue weighted by atomic mass is 10.2. The van der Waals surface area contributed by atoms with Gasteiger partial charge in [-0.25, -0.2) is 4.98 Å². The van der Waals surface area contributed by atoms with Crippen molar-refractivity contribution in [2.45, 2.75) is 19.2 Å². The SMILES string of the molecule is COc1ccc(-c2nc(C[S@@](=O)CC(=O)NCc3ccccn3)c(C)o2)cc1. The molecule has 3 rings (SSSR count). The number of rotatable bonds is 8. The third-order valence-electron chi connectivity index (χ3n) is 4.01. The van der Waals surface area contributed by atoms with E-state index in [1.165, 1.54) is 0 Å². The van der Waals surface area contributed by atoms with Gasteiger partial charge in [0.05, 0.1) is 30.8 Å². The van der Waals surface area contributed by atoms with Gasteiger partial charge in [0.25, 0.3) is 0 Å². The Hall–Kier alpha value is -3.00. The number of oxazole rings is 1. The Bertz CT molecular complexity index is 955. The summed E-state index contributed by atoms with van der Waals surface area (Å²) in [7, 11) is 0.209. The molecular weight excluding hydrogens is 378 g/mol. The molecule has 2 heterocycles. The van der Waals surface area contributed by atoms with Crippen LogP contribution >= 0.6 is 0 Å². The Balaban J connectivity index is 1.56. The summed E-state index contributed by atoms with van der Waals surface area (Å²) in [4.78, 5) is 20.6. The maximum atomic E-state index is 12.4. The van der Waals surface area contributed by atoms with Gasteiger partial charge in [-0.1, -0.05) is 6.07 Å². The number of aryl methyl sites for hydroxylation is 1. The van der Waals surface area contributed by atoms with Gasteiger partial charge >= 0.3 is 0 Å². The second-order valence-corrected chi connectivity index (χ2v) is 7.53. The van der Waals surface area contributed by atoms with Crippen LogP contribution in [0.15, 0.2) is 53.1 Å². The molecule has 1 N–H and O–H groups in total. The van der Waals surface area contributed by atoms with Crippen molar-refractivity contribution in [2.24, 2.45) is 0 Å². The predicted molar refractivity (Wildman–Crippen MR) is 106 cm³/mol. The van der Waals surface area contributed by atoms with Gasteiger partial charge in [-0.15, -0.1) is 0 Å². The summed E-state index contributed by atoms with van der Waals surface area (Å²) in [6.45, 7) is 2.08. The monoisotopic (exact) mass is 399 g/mol. The highest BCUT2D eigenvalue weighted by molar-refractivity contribution is 7.84. The zero-order valence-electron chi connectivity index (χ0n) is 15.7. The summed E-state index contributed by atoms with van der Waals surface area (Å²) in [5.74, 6) is 1.55. The van der Waals surface area contributed by atoms with Crippen molar-refractivity contribution in [3.8, 4) is 17.2 Å². The molecule has 1 amide bonds. The molecule has 0 spiro atoms. The fraction of sp³-hybridized carbons (Fsp3) is 0.250. The first kappa shape index (κ1) is 19.8. The Kier molecular flexibility index (Phi) is 6.54. The molecule has 0 aliphatic carbocycles. The van der Waals surface area contributed by atoms with Gasteiger partial charge in [-0.05, 0) is 43.3 Å². The molecule has 1 aromatic carbocycles. The summed E-state index contributed by atoms with van der Waals surface area (Å²) in [5, 5.41) is 2.72. The molecule has 0 saturated heterocycles. The molecule has 0 fully saturated rings. The van der Waals surface area contributed by atoms with Crippen LogP contribution < -0.4 is 10.1 Å². The Morgan fingerprint density at radius 3 is 2.68 bits per heavy atom. The number of nitrogens with one attached hydrogen (secondary N) is 1. The molecule has 28 heavy (non-hydrogen) atoms. The first-order chi connectivity index (χ1) is 13.5. The summed E-state index contributed by atoms with van der Waals surface area (Å²) in [5.41, 5.74) is 2.13. The minimum Gasteiger partial charge on any atom is -0.497 e. The number of pyridine rings is 1. The first-order valence-electron chi connectivity index (χ1n) is 8.67. The molecule has 0 bridgehead atoms. The van der Waals surface area contributed by atoms with Crippen LogP contribution in [0.3, 0.4) is 0 Å². The molecule has 0 aliphatic heterocycles. The Morgan fingerprint density at radius 1 is 1.21 bits per heavy atom. The number of benzene rings is 1. The number of carbonyl (C=O) groups is 1. The number of methoxy groups -OCH3 is 1. The smallest absolute Gasteiger partial charge is 0.232 e. The average molecular weight is 399 g/mol.